The van der Waals surface area contributed by atoms with Crippen LogP contribution in [0.1, 0.15) is 5.56 Å². The van der Waals surface area contributed by atoms with E-state index >= 15 is 0 Å². The van der Waals surface area contributed by atoms with Crippen LogP contribution >= 0.6 is 0 Å². The van der Waals surface area contributed by atoms with Crippen LogP contribution in [0, 0.1) is 12.7 Å². The van der Waals surface area contributed by atoms with Crippen molar-refractivity contribution in [2.24, 2.45) is 0 Å². The van der Waals surface area contributed by atoms with Crippen molar-refractivity contribution in [3.63, 3.8) is 0 Å². The molecule has 23 heavy (non-hydrogen) atoms. The highest BCUT2D eigenvalue weighted by molar-refractivity contribution is 7.89. The molecule has 1 N–H and O–H groups in total. The standard InChI is InChI=1S/C16H18FNO4S/c1-12-3-8-16(15(11-12)21-2)23(19,20)18-9-10-22-14-6-4-13(17)5-7-14/h3-8,11,18H,9-10H2,1-2H3. The lowest BCUT2D eigenvalue weighted by Crippen LogP contribution is -2.28. The van der Waals surface area contributed by atoms with Crippen LogP contribution in [0.15, 0.2) is 47.4 Å². The molecule has 7 heteroatoms. The predicted octanol–water partition coefficient (Wildman–Crippen LogP) is 2.50. The summed E-state index contributed by atoms with van der Waals surface area (Å²) >= 11 is 0. The monoisotopic (exact) mass is 339 g/mol. The Morgan fingerprint density at radius 3 is 2.48 bits per heavy atom. The van der Waals surface area contributed by atoms with E-state index in [9.17, 15) is 12.8 Å². The zero-order chi connectivity index (χ0) is 16.9. The first kappa shape index (κ1) is 17.2. The summed E-state index contributed by atoms with van der Waals surface area (Å²) in [5.41, 5.74) is 0.903. The number of hydrogen-bond donors (Lipinski definition) is 1. The van der Waals surface area contributed by atoms with Gasteiger partial charge in [0.1, 0.15) is 28.8 Å². The SMILES string of the molecule is COc1cc(C)ccc1S(=O)(=O)NCCOc1ccc(F)cc1. The summed E-state index contributed by atoms with van der Waals surface area (Å²) < 4.78 is 50.2. The molecular weight excluding hydrogens is 321 g/mol. The summed E-state index contributed by atoms with van der Waals surface area (Å²) in [5, 5.41) is 0. The molecule has 0 aliphatic heterocycles. The molecule has 0 fully saturated rings. The Morgan fingerprint density at radius 2 is 1.83 bits per heavy atom. The van der Waals surface area contributed by atoms with Gasteiger partial charge in [-0.3, -0.25) is 0 Å². The largest absolute Gasteiger partial charge is 0.495 e. The van der Waals surface area contributed by atoms with Gasteiger partial charge in [-0.05, 0) is 48.9 Å². The molecule has 0 amide bonds. The van der Waals surface area contributed by atoms with E-state index < -0.39 is 10.0 Å². The number of aryl methyl sites for hydroxylation is 1. The summed E-state index contributed by atoms with van der Waals surface area (Å²) in [6, 6.07) is 10.4. The average molecular weight is 339 g/mol. The first-order valence-corrected chi connectivity index (χ1v) is 8.43. The van der Waals surface area contributed by atoms with Crippen LogP contribution in [-0.4, -0.2) is 28.7 Å². The molecule has 0 aliphatic carbocycles. The van der Waals surface area contributed by atoms with E-state index in [4.69, 9.17) is 9.47 Å². The zero-order valence-electron chi connectivity index (χ0n) is 12.9. The number of benzene rings is 2. The molecule has 0 unspecified atom stereocenters. The third-order valence-electron chi connectivity index (χ3n) is 3.09. The Bertz CT molecular complexity index is 760. The zero-order valence-corrected chi connectivity index (χ0v) is 13.7. The van der Waals surface area contributed by atoms with Crippen molar-refractivity contribution >= 4 is 10.0 Å². The quantitative estimate of drug-likeness (QED) is 0.787. The maximum absolute atomic E-state index is 12.8. The lowest BCUT2D eigenvalue weighted by molar-refractivity contribution is 0.322. The average Bonchev–Trinajstić information content (AvgIpc) is 2.53. The number of hydrogen-bond acceptors (Lipinski definition) is 4. The van der Waals surface area contributed by atoms with Crippen molar-refractivity contribution in [2.45, 2.75) is 11.8 Å². The highest BCUT2D eigenvalue weighted by Crippen LogP contribution is 2.24. The van der Waals surface area contributed by atoms with Crippen LogP contribution in [0.5, 0.6) is 11.5 Å². The lowest BCUT2D eigenvalue weighted by atomic mass is 10.2. The normalized spacial score (nSPS) is 11.3. The number of methoxy groups -OCH3 is 1. The summed E-state index contributed by atoms with van der Waals surface area (Å²) in [7, 11) is -2.27. The smallest absolute Gasteiger partial charge is 0.244 e. The second-order valence-electron chi connectivity index (χ2n) is 4.85. The molecule has 0 spiro atoms. The number of halogens is 1. The van der Waals surface area contributed by atoms with E-state index in [1.165, 1.54) is 37.4 Å². The van der Waals surface area contributed by atoms with Crippen LogP contribution in [0.25, 0.3) is 0 Å². The fourth-order valence-electron chi connectivity index (χ4n) is 1.95. The van der Waals surface area contributed by atoms with Gasteiger partial charge in [-0.15, -0.1) is 0 Å². The Labute approximate surface area is 135 Å². The lowest BCUT2D eigenvalue weighted by Gasteiger charge is -2.12. The van der Waals surface area contributed by atoms with Gasteiger partial charge in [-0.1, -0.05) is 6.07 Å². The molecule has 0 saturated carbocycles. The summed E-state index contributed by atoms with van der Waals surface area (Å²) in [6.45, 7) is 2.05. The minimum Gasteiger partial charge on any atom is -0.495 e. The predicted molar refractivity (Wildman–Crippen MR) is 84.8 cm³/mol. The van der Waals surface area contributed by atoms with Gasteiger partial charge in [-0.25, -0.2) is 17.5 Å². The molecule has 2 rings (SSSR count). The molecule has 0 heterocycles. The summed E-state index contributed by atoms with van der Waals surface area (Å²) in [4.78, 5) is 0.0763. The van der Waals surface area contributed by atoms with E-state index in [-0.39, 0.29) is 29.6 Å². The van der Waals surface area contributed by atoms with Gasteiger partial charge in [0, 0.05) is 6.54 Å². The highest BCUT2D eigenvalue weighted by atomic mass is 32.2. The Hall–Kier alpha value is -2.12. The first-order valence-electron chi connectivity index (χ1n) is 6.95. The number of rotatable bonds is 7. The fourth-order valence-corrected chi connectivity index (χ4v) is 3.11. The van der Waals surface area contributed by atoms with Crippen molar-refractivity contribution in [3.05, 3.63) is 53.8 Å². The highest BCUT2D eigenvalue weighted by Gasteiger charge is 2.18. The Morgan fingerprint density at radius 1 is 1.13 bits per heavy atom. The minimum atomic E-state index is -3.70. The molecule has 0 radical (unpaired) electrons. The molecule has 5 nitrogen and oxygen atoms in total. The van der Waals surface area contributed by atoms with E-state index in [2.05, 4.69) is 4.72 Å². The molecule has 0 atom stereocenters. The molecule has 2 aromatic carbocycles. The number of nitrogens with one attached hydrogen (secondary N) is 1. The van der Waals surface area contributed by atoms with E-state index in [0.29, 0.717) is 5.75 Å². The van der Waals surface area contributed by atoms with Gasteiger partial charge in [-0.2, -0.15) is 0 Å². The Balaban J connectivity index is 1.95. The molecule has 0 aromatic heterocycles. The van der Waals surface area contributed by atoms with Gasteiger partial charge in [0.2, 0.25) is 10.0 Å². The fraction of sp³-hybridized carbons (Fsp3) is 0.250. The maximum atomic E-state index is 12.8. The number of sulfonamides is 1. The molecule has 0 bridgehead atoms. The Kier molecular flexibility index (Phi) is 5.57. The van der Waals surface area contributed by atoms with E-state index in [1.54, 1.807) is 12.1 Å². The van der Waals surface area contributed by atoms with Crippen LogP contribution in [0.2, 0.25) is 0 Å². The van der Waals surface area contributed by atoms with Crippen molar-refractivity contribution in [1.29, 1.82) is 0 Å². The van der Waals surface area contributed by atoms with Gasteiger partial charge in [0.25, 0.3) is 0 Å². The van der Waals surface area contributed by atoms with Gasteiger partial charge < -0.3 is 9.47 Å². The summed E-state index contributed by atoms with van der Waals surface area (Å²) in [5.74, 6) is 0.403. The second-order valence-corrected chi connectivity index (χ2v) is 6.59. The van der Waals surface area contributed by atoms with E-state index in [0.717, 1.165) is 5.56 Å². The first-order chi connectivity index (χ1) is 10.9. The van der Waals surface area contributed by atoms with E-state index in [1.807, 2.05) is 6.92 Å². The number of ether oxygens (including phenoxy) is 2. The molecule has 124 valence electrons. The van der Waals surface area contributed by atoms with Crippen LogP contribution in [-0.2, 0) is 10.0 Å². The van der Waals surface area contributed by atoms with Crippen LogP contribution in [0.3, 0.4) is 0 Å². The maximum Gasteiger partial charge on any atom is 0.244 e. The summed E-state index contributed by atoms with van der Waals surface area (Å²) in [6.07, 6.45) is 0. The second kappa shape index (κ2) is 7.43. The third-order valence-corrected chi connectivity index (χ3v) is 4.59. The molecule has 0 saturated heterocycles. The van der Waals surface area contributed by atoms with Crippen molar-refractivity contribution < 1.29 is 22.3 Å². The van der Waals surface area contributed by atoms with Crippen molar-refractivity contribution in [3.8, 4) is 11.5 Å². The van der Waals surface area contributed by atoms with Gasteiger partial charge in [0.05, 0.1) is 7.11 Å². The van der Waals surface area contributed by atoms with Crippen molar-refractivity contribution in [2.75, 3.05) is 20.3 Å². The third kappa shape index (κ3) is 4.67. The topological polar surface area (TPSA) is 64.6 Å². The minimum absolute atomic E-state index is 0.0763. The van der Waals surface area contributed by atoms with Gasteiger partial charge >= 0.3 is 0 Å². The van der Waals surface area contributed by atoms with Crippen molar-refractivity contribution in [1.82, 2.24) is 4.72 Å². The van der Waals surface area contributed by atoms with Gasteiger partial charge in [0.15, 0.2) is 0 Å². The van der Waals surface area contributed by atoms with Crippen LogP contribution < -0.4 is 14.2 Å². The molecular formula is C16H18FNO4S. The van der Waals surface area contributed by atoms with Crippen LogP contribution in [0.4, 0.5) is 4.39 Å². The molecule has 0 aliphatic rings. The molecule has 2 aromatic rings.